The average Bonchev–Trinajstić information content (AvgIpc) is 2.91. The number of anilines is 1. The third-order valence-electron chi connectivity index (χ3n) is 2.21. The number of amidine groups is 1. The standard InChI is InChI=1S/C10H12ClN3/c11-6-1-4-9(14-7-2-3-7)8(5-6)10(12)13/h1,4-5,7,14H,2-3H2,(H3,12,13). The molecule has 1 aliphatic rings. The molecule has 4 N–H and O–H groups in total. The van der Waals surface area contributed by atoms with Crippen LogP contribution >= 0.6 is 11.6 Å². The maximum atomic E-state index is 7.42. The van der Waals surface area contributed by atoms with Crippen molar-refractivity contribution in [2.75, 3.05) is 5.32 Å². The van der Waals surface area contributed by atoms with E-state index >= 15 is 0 Å². The number of hydrogen-bond acceptors (Lipinski definition) is 2. The Hall–Kier alpha value is -1.22. The van der Waals surface area contributed by atoms with Gasteiger partial charge in [-0.2, -0.15) is 0 Å². The Morgan fingerprint density at radius 1 is 1.50 bits per heavy atom. The summed E-state index contributed by atoms with van der Waals surface area (Å²) in [6.07, 6.45) is 2.39. The minimum atomic E-state index is 0.0515. The number of halogens is 1. The van der Waals surface area contributed by atoms with Gasteiger partial charge >= 0.3 is 0 Å². The molecule has 0 unspecified atom stereocenters. The molecule has 14 heavy (non-hydrogen) atoms. The zero-order chi connectivity index (χ0) is 10.1. The van der Waals surface area contributed by atoms with Gasteiger partial charge in [-0.25, -0.2) is 0 Å². The predicted octanol–water partition coefficient (Wildman–Crippen LogP) is 2.20. The Bertz CT molecular complexity index is 372. The fraction of sp³-hybridized carbons (Fsp3) is 0.300. The summed E-state index contributed by atoms with van der Waals surface area (Å²) >= 11 is 5.83. The van der Waals surface area contributed by atoms with Gasteiger partial charge in [0.05, 0.1) is 0 Å². The summed E-state index contributed by atoms with van der Waals surface area (Å²) in [5.41, 5.74) is 7.06. The molecule has 2 rings (SSSR count). The smallest absolute Gasteiger partial charge is 0.124 e. The number of nitrogens with one attached hydrogen (secondary N) is 2. The van der Waals surface area contributed by atoms with Crippen molar-refractivity contribution >= 4 is 23.1 Å². The van der Waals surface area contributed by atoms with Crippen molar-refractivity contribution < 1.29 is 0 Å². The van der Waals surface area contributed by atoms with Gasteiger partial charge < -0.3 is 11.1 Å². The molecule has 1 aromatic rings. The summed E-state index contributed by atoms with van der Waals surface area (Å²) in [6.45, 7) is 0. The number of hydrogen-bond donors (Lipinski definition) is 3. The zero-order valence-corrected chi connectivity index (χ0v) is 8.43. The highest BCUT2D eigenvalue weighted by Gasteiger charge is 2.22. The van der Waals surface area contributed by atoms with E-state index in [0.717, 1.165) is 5.69 Å². The number of nitrogen functional groups attached to an aromatic ring is 1. The van der Waals surface area contributed by atoms with Crippen LogP contribution < -0.4 is 11.1 Å². The van der Waals surface area contributed by atoms with Crippen LogP contribution in [0.4, 0.5) is 5.69 Å². The third-order valence-corrected chi connectivity index (χ3v) is 2.44. The number of benzene rings is 1. The van der Waals surface area contributed by atoms with E-state index in [1.165, 1.54) is 12.8 Å². The molecule has 0 radical (unpaired) electrons. The van der Waals surface area contributed by atoms with E-state index in [4.69, 9.17) is 22.7 Å². The summed E-state index contributed by atoms with van der Waals surface area (Å²) in [5.74, 6) is 0.0515. The second-order valence-electron chi connectivity index (χ2n) is 3.52. The van der Waals surface area contributed by atoms with Crippen molar-refractivity contribution in [1.29, 1.82) is 5.41 Å². The van der Waals surface area contributed by atoms with E-state index in [1.54, 1.807) is 12.1 Å². The minimum absolute atomic E-state index is 0.0515. The van der Waals surface area contributed by atoms with Crippen LogP contribution in [0.2, 0.25) is 5.02 Å². The largest absolute Gasteiger partial charge is 0.384 e. The zero-order valence-electron chi connectivity index (χ0n) is 7.68. The van der Waals surface area contributed by atoms with Gasteiger partial charge in [-0.3, -0.25) is 5.41 Å². The number of nitrogens with two attached hydrogens (primary N) is 1. The maximum Gasteiger partial charge on any atom is 0.124 e. The van der Waals surface area contributed by atoms with E-state index in [1.807, 2.05) is 6.07 Å². The predicted molar refractivity (Wildman–Crippen MR) is 59.1 cm³/mol. The van der Waals surface area contributed by atoms with Crippen LogP contribution in [0.3, 0.4) is 0 Å². The van der Waals surface area contributed by atoms with Gasteiger partial charge in [0.25, 0.3) is 0 Å². The van der Waals surface area contributed by atoms with Crippen LogP contribution in [0.25, 0.3) is 0 Å². The van der Waals surface area contributed by atoms with Crippen molar-refractivity contribution in [3.63, 3.8) is 0 Å². The molecule has 0 bridgehead atoms. The molecule has 1 saturated carbocycles. The van der Waals surface area contributed by atoms with Gasteiger partial charge in [-0.1, -0.05) is 11.6 Å². The molecule has 0 aromatic heterocycles. The topological polar surface area (TPSA) is 61.9 Å². The van der Waals surface area contributed by atoms with E-state index in [2.05, 4.69) is 5.32 Å². The summed E-state index contributed by atoms with van der Waals surface area (Å²) in [4.78, 5) is 0. The highest BCUT2D eigenvalue weighted by atomic mass is 35.5. The van der Waals surface area contributed by atoms with Gasteiger partial charge in [-0.05, 0) is 31.0 Å². The van der Waals surface area contributed by atoms with E-state index < -0.39 is 0 Å². The molecule has 0 heterocycles. The lowest BCUT2D eigenvalue weighted by Crippen LogP contribution is -2.15. The quantitative estimate of drug-likeness (QED) is 0.528. The van der Waals surface area contributed by atoms with Gasteiger partial charge in [0, 0.05) is 22.3 Å². The first kappa shape index (κ1) is 9.34. The molecule has 1 fully saturated rings. The molecular weight excluding hydrogens is 198 g/mol. The average molecular weight is 210 g/mol. The lowest BCUT2D eigenvalue weighted by Gasteiger charge is -2.10. The van der Waals surface area contributed by atoms with Crippen LogP contribution in [0.5, 0.6) is 0 Å². The summed E-state index contributed by atoms with van der Waals surface area (Å²) < 4.78 is 0. The SMILES string of the molecule is N=C(N)c1cc(Cl)ccc1NC1CC1. The Morgan fingerprint density at radius 3 is 2.79 bits per heavy atom. The van der Waals surface area contributed by atoms with Gasteiger partial charge in [0.2, 0.25) is 0 Å². The molecule has 0 atom stereocenters. The molecule has 3 nitrogen and oxygen atoms in total. The first-order valence-corrected chi connectivity index (χ1v) is 4.95. The highest BCUT2D eigenvalue weighted by Crippen LogP contribution is 2.28. The second kappa shape index (κ2) is 3.50. The first-order valence-electron chi connectivity index (χ1n) is 4.57. The molecular formula is C10H12ClN3. The normalized spacial score (nSPS) is 15.2. The first-order chi connectivity index (χ1) is 6.66. The van der Waals surface area contributed by atoms with Crippen molar-refractivity contribution in [3.05, 3.63) is 28.8 Å². The van der Waals surface area contributed by atoms with Crippen molar-refractivity contribution in [2.24, 2.45) is 5.73 Å². The van der Waals surface area contributed by atoms with E-state index in [9.17, 15) is 0 Å². The molecule has 0 saturated heterocycles. The van der Waals surface area contributed by atoms with Crippen LogP contribution in [0.15, 0.2) is 18.2 Å². The Balaban J connectivity index is 2.31. The number of rotatable bonds is 3. The Labute approximate surface area is 87.8 Å². The molecule has 0 aliphatic heterocycles. The lowest BCUT2D eigenvalue weighted by molar-refractivity contribution is 1.15. The van der Waals surface area contributed by atoms with Crippen molar-refractivity contribution in [3.8, 4) is 0 Å². The summed E-state index contributed by atoms with van der Waals surface area (Å²) in [5, 5.41) is 11.3. The summed E-state index contributed by atoms with van der Waals surface area (Å²) in [6, 6.07) is 5.94. The van der Waals surface area contributed by atoms with Crippen LogP contribution in [0.1, 0.15) is 18.4 Å². The van der Waals surface area contributed by atoms with Crippen LogP contribution in [-0.4, -0.2) is 11.9 Å². The Morgan fingerprint density at radius 2 is 2.21 bits per heavy atom. The summed E-state index contributed by atoms with van der Waals surface area (Å²) in [7, 11) is 0. The minimum Gasteiger partial charge on any atom is -0.384 e. The van der Waals surface area contributed by atoms with Crippen LogP contribution in [0, 0.1) is 5.41 Å². The van der Waals surface area contributed by atoms with E-state index in [-0.39, 0.29) is 5.84 Å². The molecule has 0 amide bonds. The fourth-order valence-electron chi connectivity index (χ4n) is 1.31. The monoisotopic (exact) mass is 209 g/mol. The molecule has 4 heteroatoms. The fourth-order valence-corrected chi connectivity index (χ4v) is 1.48. The third kappa shape index (κ3) is 1.99. The molecule has 74 valence electrons. The molecule has 1 aromatic carbocycles. The highest BCUT2D eigenvalue weighted by molar-refractivity contribution is 6.31. The van der Waals surface area contributed by atoms with Gasteiger partial charge in [0.15, 0.2) is 0 Å². The molecule has 0 spiro atoms. The molecule has 1 aliphatic carbocycles. The lowest BCUT2D eigenvalue weighted by atomic mass is 10.1. The van der Waals surface area contributed by atoms with Crippen LogP contribution in [-0.2, 0) is 0 Å². The van der Waals surface area contributed by atoms with E-state index in [0.29, 0.717) is 16.6 Å². The van der Waals surface area contributed by atoms with Gasteiger partial charge in [0.1, 0.15) is 5.84 Å². The van der Waals surface area contributed by atoms with Gasteiger partial charge in [-0.15, -0.1) is 0 Å². The van der Waals surface area contributed by atoms with Crippen molar-refractivity contribution in [1.82, 2.24) is 0 Å². The Kier molecular flexibility index (Phi) is 2.33. The van der Waals surface area contributed by atoms with Crippen molar-refractivity contribution in [2.45, 2.75) is 18.9 Å². The second-order valence-corrected chi connectivity index (χ2v) is 3.96. The maximum absolute atomic E-state index is 7.42.